The molecule has 0 N–H and O–H groups in total. The molecule has 1 aliphatic carbocycles. The molecule has 1 fully saturated rings. The van der Waals surface area contributed by atoms with Crippen LogP contribution in [0.2, 0.25) is 0 Å². The summed E-state index contributed by atoms with van der Waals surface area (Å²) in [6.07, 6.45) is 17.9. The van der Waals surface area contributed by atoms with Gasteiger partial charge in [0, 0.05) is 3.42 Å². The lowest BCUT2D eigenvalue weighted by Gasteiger charge is -2.22. The van der Waals surface area contributed by atoms with E-state index in [1.54, 1.807) is 11.1 Å². The third-order valence-electron chi connectivity index (χ3n) is 6.97. The average Bonchev–Trinajstić information content (AvgIpc) is 3.35. The number of hydrogen-bond donors (Lipinski definition) is 0. The minimum atomic E-state index is 0.532. The average molecular weight is 483 g/mol. The summed E-state index contributed by atoms with van der Waals surface area (Å²) in [4.78, 5) is 0. The molecule has 0 amide bonds. The summed E-state index contributed by atoms with van der Waals surface area (Å²) in [5.41, 5.74) is 6.76. The third kappa shape index (κ3) is 8.46. The molecule has 1 aromatic carbocycles. The highest BCUT2D eigenvalue weighted by Gasteiger charge is 2.38. The molecule has 1 saturated carbocycles. The largest absolute Gasteiger partial charge is 0.0789 e. The fourth-order valence-corrected chi connectivity index (χ4v) is 4.67. The van der Waals surface area contributed by atoms with Crippen LogP contribution in [0.4, 0.5) is 0 Å². The van der Waals surface area contributed by atoms with Crippen molar-refractivity contribution in [2.45, 2.75) is 122 Å². The first-order valence-corrected chi connectivity index (χ1v) is 12.6. The van der Waals surface area contributed by atoms with E-state index in [4.69, 9.17) is 0 Å². The zero-order valence-electron chi connectivity index (χ0n) is 18.7. The minimum absolute atomic E-state index is 0.532. The Hall–Kier alpha value is -0.0500. The van der Waals surface area contributed by atoms with Crippen LogP contribution in [0, 0.1) is 19.3 Å². The van der Waals surface area contributed by atoms with Crippen LogP contribution in [0.3, 0.4) is 0 Å². The Bertz CT molecular complexity index is 580. The van der Waals surface area contributed by atoms with E-state index in [9.17, 15) is 0 Å². The van der Waals surface area contributed by atoms with Crippen molar-refractivity contribution in [1.82, 2.24) is 0 Å². The maximum Gasteiger partial charge on any atom is 0.0223 e. The highest BCUT2D eigenvalue weighted by atomic mass is 127. The second kappa shape index (κ2) is 10.6. The summed E-state index contributed by atoms with van der Waals surface area (Å²) in [5, 5.41) is 0. The topological polar surface area (TPSA) is 0 Å². The predicted molar refractivity (Wildman–Crippen MR) is 130 cm³/mol. The minimum Gasteiger partial charge on any atom is -0.0789 e. The Kier molecular flexibility index (Phi) is 9.16. The molecule has 1 heteroatoms. The fraction of sp³-hybridized carbons (Fsp3) is 0.769. The van der Waals surface area contributed by atoms with Gasteiger partial charge in [-0.15, -0.1) is 0 Å². The molecule has 0 nitrogen and oxygen atoms in total. The zero-order chi connectivity index (χ0) is 19.9. The van der Waals surface area contributed by atoms with Gasteiger partial charge < -0.3 is 0 Å². The van der Waals surface area contributed by atoms with Crippen molar-refractivity contribution in [3.63, 3.8) is 0 Å². The van der Waals surface area contributed by atoms with Gasteiger partial charge in [-0.25, -0.2) is 0 Å². The number of aryl methyl sites for hydroxylation is 3. The molecule has 0 aromatic heterocycles. The first kappa shape index (κ1) is 23.2. The molecule has 0 radical (unpaired) electrons. The molecule has 27 heavy (non-hydrogen) atoms. The van der Waals surface area contributed by atoms with Crippen LogP contribution in [0.25, 0.3) is 0 Å². The normalized spacial score (nSPS) is 15.9. The molecule has 0 atom stereocenters. The van der Waals surface area contributed by atoms with E-state index in [0.29, 0.717) is 8.84 Å². The SMILES string of the molecule is CCC(C)(C)CCCCCc1cc(C)c(C)c(CCCCCC2(I)CC2)c1. The van der Waals surface area contributed by atoms with Gasteiger partial charge in [0.15, 0.2) is 0 Å². The van der Waals surface area contributed by atoms with E-state index >= 15 is 0 Å². The summed E-state index contributed by atoms with van der Waals surface area (Å²) in [7, 11) is 0. The van der Waals surface area contributed by atoms with Crippen LogP contribution in [0.5, 0.6) is 0 Å². The first-order valence-electron chi connectivity index (χ1n) is 11.5. The second-order valence-electron chi connectivity index (χ2n) is 9.99. The Morgan fingerprint density at radius 2 is 1.59 bits per heavy atom. The quantitative estimate of drug-likeness (QED) is 0.150. The lowest BCUT2D eigenvalue weighted by Crippen LogP contribution is -2.08. The lowest BCUT2D eigenvalue weighted by atomic mass is 9.84. The van der Waals surface area contributed by atoms with Crippen molar-refractivity contribution in [2.24, 2.45) is 5.41 Å². The van der Waals surface area contributed by atoms with Crippen LogP contribution < -0.4 is 0 Å². The molecular formula is C26H43I. The van der Waals surface area contributed by atoms with Crippen molar-refractivity contribution in [3.8, 4) is 0 Å². The Morgan fingerprint density at radius 1 is 0.926 bits per heavy atom. The summed E-state index contributed by atoms with van der Waals surface area (Å²) in [5.74, 6) is 0. The summed E-state index contributed by atoms with van der Waals surface area (Å²) >= 11 is 2.69. The highest BCUT2D eigenvalue weighted by Crippen LogP contribution is 2.49. The molecule has 1 aliphatic rings. The van der Waals surface area contributed by atoms with Crippen LogP contribution in [-0.4, -0.2) is 3.42 Å². The van der Waals surface area contributed by atoms with Crippen LogP contribution in [-0.2, 0) is 12.8 Å². The summed E-state index contributed by atoms with van der Waals surface area (Å²) in [6, 6.07) is 4.97. The van der Waals surface area contributed by atoms with E-state index in [1.807, 2.05) is 0 Å². The van der Waals surface area contributed by atoms with E-state index < -0.39 is 0 Å². The molecule has 0 spiro atoms. The number of rotatable bonds is 13. The highest BCUT2D eigenvalue weighted by molar-refractivity contribution is 14.1. The molecule has 0 unspecified atom stereocenters. The standard InChI is InChI=1S/C26H43I/c1-6-25(4,5)15-11-7-9-13-23-19-21(2)22(3)24(20-23)14-10-8-12-16-26(27)17-18-26/h19-20H,6-18H2,1-5H3. The van der Waals surface area contributed by atoms with Gasteiger partial charge >= 0.3 is 0 Å². The monoisotopic (exact) mass is 482 g/mol. The summed E-state index contributed by atoms with van der Waals surface area (Å²) in [6.45, 7) is 11.8. The number of halogens is 1. The van der Waals surface area contributed by atoms with Crippen molar-refractivity contribution in [1.29, 1.82) is 0 Å². The van der Waals surface area contributed by atoms with Gasteiger partial charge in [-0.2, -0.15) is 0 Å². The van der Waals surface area contributed by atoms with Crippen molar-refractivity contribution in [2.75, 3.05) is 0 Å². The molecule has 154 valence electrons. The Balaban J connectivity index is 1.73. The molecule has 1 aromatic rings. The molecule has 0 saturated heterocycles. The smallest absolute Gasteiger partial charge is 0.0223 e. The maximum atomic E-state index is 2.69. The van der Waals surface area contributed by atoms with E-state index in [0.717, 1.165) is 0 Å². The molecule has 0 bridgehead atoms. The number of benzene rings is 1. The Labute approximate surface area is 183 Å². The van der Waals surface area contributed by atoms with Gasteiger partial charge in [0.1, 0.15) is 0 Å². The van der Waals surface area contributed by atoms with Gasteiger partial charge in [-0.1, -0.05) is 87.6 Å². The van der Waals surface area contributed by atoms with Crippen LogP contribution in [0.15, 0.2) is 12.1 Å². The van der Waals surface area contributed by atoms with Crippen molar-refractivity contribution in [3.05, 3.63) is 34.4 Å². The zero-order valence-corrected chi connectivity index (χ0v) is 20.9. The first-order chi connectivity index (χ1) is 12.7. The Morgan fingerprint density at radius 3 is 2.26 bits per heavy atom. The fourth-order valence-electron chi connectivity index (χ4n) is 4.02. The predicted octanol–water partition coefficient (Wildman–Crippen LogP) is 8.91. The van der Waals surface area contributed by atoms with Gasteiger partial charge in [0.2, 0.25) is 0 Å². The number of unbranched alkanes of at least 4 members (excludes halogenated alkanes) is 4. The van der Waals surface area contributed by atoms with Gasteiger partial charge in [-0.05, 0) is 92.9 Å². The number of alkyl halides is 1. The summed E-state index contributed by atoms with van der Waals surface area (Å²) < 4.78 is 0.705. The van der Waals surface area contributed by atoms with E-state index in [2.05, 4.69) is 69.3 Å². The second-order valence-corrected chi connectivity index (χ2v) is 12.3. The van der Waals surface area contributed by atoms with Crippen molar-refractivity contribution >= 4 is 22.6 Å². The van der Waals surface area contributed by atoms with Crippen LogP contribution >= 0.6 is 22.6 Å². The van der Waals surface area contributed by atoms with Crippen LogP contribution in [0.1, 0.15) is 114 Å². The molecular weight excluding hydrogens is 439 g/mol. The van der Waals surface area contributed by atoms with Gasteiger partial charge in [0.05, 0.1) is 0 Å². The third-order valence-corrected chi connectivity index (χ3v) is 8.59. The van der Waals surface area contributed by atoms with Gasteiger partial charge in [-0.3, -0.25) is 0 Å². The van der Waals surface area contributed by atoms with E-state index in [1.165, 1.54) is 94.6 Å². The van der Waals surface area contributed by atoms with Crippen molar-refractivity contribution < 1.29 is 0 Å². The number of hydrogen-bond acceptors (Lipinski definition) is 0. The lowest BCUT2D eigenvalue weighted by molar-refractivity contribution is 0.308. The molecule has 2 rings (SSSR count). The molecule has 0 heterocycles. The maximum absolute atomic E-state index is 2.69. The van der Waals surface area contributed by atoms with Gasteiger partial charge in [0.25, 0.3) is 0 Å². The molecule has 0 aliphatic heterocycles. The van der Waals surface area contributed by atoms with E-state index in [-0.39, 0.29) is 0 Å².